The zero-order valence-corrected chi connectivity index (χ0v) is 11.4. The van der Waals surface area contributed by atoms with Crippen molar-refractivity contribution in [2.75, 3.05) is 13.2 Å². The van der Waals surface area contributed by atoms with Crippen LogP contribution in [0.2, 0.25) is 0 Å². The van der Waals surface area contributed by atoms with Gasteiger partial charge in [-0.15, -0.1) is 0 Å². The quantitative estimate of drug-likeness (QED) is 0.467. The molecule has 0 aliphatic heterocycles. The second kappa shape index (κ2) is 8.19. The Morgan fingerprint density at radius 2 is 2.16 bits per heavy atom. The van der Waals surface area contributed by atoms with Crippen molar-refractivity contribution in [1.82, 2.24) is 0 Å². The minimum absolute atomic E-state index is 0.0714. The van der Waals surface area contributed by atoms with E-state index >= 15 is 0 Å². The molecule has 0 amide bonds. The molecule has 0 bridgehead atoms. The molecule has 19 heavy (non-hydrogen) atoms. The first-order valence-electron chi connectivity index (χ1n) is 6.48. The first-order chi connectivity index (χ1) is 9.17. The summed E-state index contributed by atoms with van der Waals surface area (Å²) in [6.07, 6.45) is 4.91. The Balaban J connectivity index is 2.63. The topological polar surface area (TPSA) is 55.8 Å². The Labute approximate surface area is 113 Å². The van der Waals surface area contributed by atoms with Gasteiger partial charge in [0.2, 0.25) is 0 Å². The van der Waals surface area contributed by atoms with Crippen LogP contribution < -0.4 is 4.74 Å². The molecule has 0 saturated heterocycles. The molecule has 4 nitrogen and oxygen atoms in total. The zero-order chi connectivity index (χ0) is 14.1. The van der Waals surface area contributed by atoms with Gasteiger partial charge in [-0.1, -0.05) is 19.4 Å². The summed E-state index contributed by atoms with van der Waals surface area (Å²) in [5, 5.41) is 9.78. The predicted molar refractivity (Wildman–Crippen MR) is 74.2 cm³/mol. The number of benzene rings is 1. The molecule has 0 spiro atoms. The van der Waals surface area contributed by atoms with Crippen molar-refractivity contribution in [3.05, 3.63) is 29.8 Å². The average Bonchev–Trinajstić information content (AvgIpc) is 2.39. The molecule has 0 saturated carbocycles. The largest absolute Gasteiger partial charge is 0.504 e. The van der Waals surface area contributed by atoms with Crippen LogP contribution in [0.15, 0.2) is 24.3 Å². The maximum Gasteiger partial charge on any atom is 0.330 e. The molecule has 0 unspecified atom stereocenters. The Morgan fingerprint density at radius 3 is 2.79 bits per heavy atom. The molecule has 0 atom stereocenters. The van der Waals surface area contributed by atoms with E-state index in [0.29, 0.717) is 24.5 Å². The summed E-state index contributed by atoms with van der Waals surface area (Å²) in [5.41, 5.74) is 0.716. The highest BCUT2D eigenvalue weighted by Crippen LogP contribution is 2.27. The van der Waals surface area contributed by atoms with Gasteiger partial charge in [-0.25, -0.2) is 4.79 Å². The van der Waals surface area contributed by atoms with Crippen LogP contribution in [0.25, 0.3) is 6.08 Å². The molecular formula is C15H20O4. The minimum atomic E-state index is -0.398. The Hall–Kier alpha value is -1.97. The maximum absolute atomic E-state index is 11.1. The number of hydrogen-bond donors (Lipinski definition) is 1. The van der Waals surface area contributed by atoms with Gasteiger partial charge in [0.15, 0.2) is 11.5 Å². The van der Waals surface area contributed by atoms with Crippen molar-refractivity contribution >= 4 is 12.0 Å². The van der Waals surface area contributed by atoms with Crippen molar-refractivity contribution in [2.24, 2.45) is 0 Å². The first kappa shape index (κ1) is 15.1. The van der Waals surface area contributed by atoms with E-state index in [4.69, 9.17) is 9.47 Å². The van der Waals surface area contributed by atoms with Gasteiger partial charge in [-0.05, 0) is 37.1 Å². The van der Waals surface area contributed by atoms with Crippen LogP contribution in [0.4, 0.5) is 0 Å². The highest BCUT2D eigenvalue weighted by Gasteiger charge is 2.03. The van der Waals surface area contributed by atoms with Gasteiger partial charge in [-0.3, -0.25) is 0 Å². The summed E-state index contributed by atoms with van der Waals surface area (Å²) in [7, 11) is 0. The second-order valence-corrected chi connectivity index (χ2v) is 4.01. The van der Waals surface area contributed by atoms with Gasteiger partial charge in [0.25, 0.3) is 0 Å². The van der Waals surface area contributed by atoms with Crippen molar-refractivity contribution in [2.45, 2.75) is 26.7 Å². The van der Waals surface area contributed by atoms with Crippen molar-refractivity contribution in [3.8, 4) is 11.5 Å². The van der Waals surface area contributed by atoms with Crippen LogP contribution >= 0.6 is 0 Å². The van der Waals surface area contributed by atoms with Crippen LogP contribution in [0, 0.1) is 0 Å². The Bertz CT molecular complexity index is 438. The van der Waals surface area contributed by atoms with E-state index in [2.05, 4.69) is 6.92 Å². The molecule has 0 fully saturated rings. The molecule has 1 aromatic rings. The summed E-state index contributed by atoms with van der Waals surface area (Å²) in [5.74, 6) is 0.133. The molecular weight excluding hydrogens is 244 g/mol. The minimum Gasteiger partial charge on any atom is -0.504 e. The zero-order valence-electron chi connectivity index (χ0n) is 11.4. The van der Waals surface area contributed by atoms with Crippen molar-refractivity contribution in [3.63, 3.8) is 0 Å². The number of phenols is 1. The molecule has 1 aromatic carbocycles. The number of hydrogen-bond acceptors (Lipinski definition) is 4. The number of ether oxygens (including phenoxy) is 2. The van der Waals surface area contributed by atoms with Crippen LogP contribution in [0.5, 0.6) is 11.5 Å². The lowest BCUT2D eigenvalue weighted by Crippen LogP contribution is -1.98. The summed E-state index contributed by atoms with van der Waals surface area (Å²) >= 11 is 0. The van der Waals surface area contributed by atoms with E-state index < -0.39 is 5.97 Å². The van der Waals surface area contributed by atoms with Crippen molar-refractivity contribution < 1.29 is 19.4 Å². The van der Waals surface area contributed by atoms with Gasteiger partial charge in [0.05, 0.1) is 13.2 Å². The predicted octanol–water partition coefficient (Wildman–Crippen LogP) is 3.15. The summed E-state index contributed by atoms with van der Waals surface area (Å²) in [6, 6.07) is 5.02. The van der Waals surface area contributed by atoms with Crippen LogP contribution in [0.1, 0.15) is 32.3 Å². The summed E-state index contributed by atoms with van der Waals surface area (Å²) < 4.78 is 10.2. The second-order valence-electron chi connectivity index (χ2n) is 4.01. The van der Waals surface area contributed by atoms with Gasteiger partial charge >= 0.3 is 5.97 Å². The third kappa shape index (κ3) is 5.46. The molecule has 4 heteroatoms. The lowest BCUT2D eigenvalue weighted by atomic mass is 10.2. The van der Waals surface area contributed by atoms with E-state index in [1.165, 1.54) is 6.08 Å². The fourth-order valence-corrected chi connectivity index (χ4v) is 1.44. The number of esters is 1. The van der Waals surface area contributed by atoms with E-state index in [9.17, 15) is 9.90 Å². The number of carbonyl (C=O) groups excluding carboxylic acids is 1. The number of phenolic OH excluding ortho intramolecular Hbond substituents is 1. The molecule has 104 valence electrons. The number of carbonyl (C=O) groups is 1. The Morgan fingerprint density at radius 1 is 1.37 bits per heavy atom. The Kier molecular flexibility index (Phi) is 6.50. The van der Waals surface area contributed by atoms with Gasteiger partial charge in [0.1, 0.15) is 0 Å². The van der Waals surface area contributed by atoms with Crippen molar-refractivity contribution in [1.29, 1.82) is 0 Å². The van der Waals surface area contributed by atoms with E-state index in [1.807, 2.05) is 0 Å². The van der Waals surface area contributed by atoms with E-state index in [0.717, 1.165) is 12.8 Å². The third-order valence-electron chi connectivity index (χ3n) is 2.44. The lowest BCUT2D eigenvalue weighted by Gasteiger charge is -2.07. The lowest BCUT2D eigenvalue weighted by molar-refractivity contribution is -0.137. The molecule has 0 heterocycles. The van der Waals surface area contributed by atoms with Gasteiger partial charge < -0.3 is 14.6 Å². The molecule has 0 aliphatic rings. The fourth-order valence-electron chi connectivity index (χ4n) is 1.44. The van der Waals surface area contributed by atoms with Crippen LogP contribution in [-0.2, 0) is 9.53 Å². The molecule has 0 aromatic heterocycles. The maximum atomic E-state index is 11.1. The number of rotatable bonds is 7. The normalized spacial score (nSPS) is 10.6. The number of unbranched alkanes of at least 4 members (excludes halogenated alkanes) is 1. The molecule has 1 rings (SSSR count). The van der Waals surface area contributed by atoms with Crippen LogP contribution in [-0.4, -0.2) is 24.3 Å². The average molecular weight is 264 g/mol. The summed E-state index contributed by atoms with van der Waals surface area (Å²) in [4.78, 5) is 11.1. The SMILES string of the molecule is CCCCOc1ccc(/C=C/C(=O)OCC)cc1O. The third-order valence-corrected chi connectivity index (χ3v) is 2.44. The standard InChI is InChI=1S/C15H20O4/c1-3-5-10-19-14-8-6-12(11-13(14)16)7-9-15(17)18-4-2/h6-9,11,16H,3-5,10H2,1-2H3/b9-7+. The van der Waals surface area contributed by atoms with Crippen LogP contribution in [0.3, 0.4) is 0 Å². The molecule has 0 aliphatic carbocycles. The highest BCUT2D eigenvalue weighted by atomic mass is 16.5. The van der Waals surface area contributed by atoms with Gasteiger partial charge in [-0.2, -0.15) is 0 Å². The first-order valence-corrected chi connectivity index (χ1v) is 6.48. The summed E-state index contributed by atoms with van der Waals surface area (Å²) in [6.45, 7) is 4.76. The van der Waals surface area contributed by atoms with Gasteiger partial charge in [0, 0.05) is 6.08 Å². The number of aromatic hydroxyl groups is 1. The highest BCUT2D eigenvalue weighted by molar-refractivity contribution is 5.87. The fraction of sp³-hybridized carbons (Fsp3) is 0.400. The van der Waals surface area contributed by atoms with E-state index in [-0.39, 0.29) is 5.75 Å². The monoisotopic (exact) mass is 264 g/mol. The molecule has 1 N–H and O–H groups in total. The molecule has 0 radical (unpaired) electrons. The smallest absolute Gasteiger partial charge is 0.330 e. The van der Waals surface area contributed by atoms with E-state index in [1.54, 1.807) is 31.2 Å².